The Morgan fingerprint density at radius 1 is 1.35 bits per heavy atom. The Kier molecular flexibility index (Phi) is 4.62. The third-order valence-corrected chi connectivity index (χ3v) is 3.28. The highest BCUT2D eigenvalue weighted by Crippen LogP contribution is 2.10. The third kappa shape index (κ3) is 3.89. The van der Waals surface area contributed by atoms with E-state index < -0.39 is 0 Å². The van der Waals surface area contributed by atoms with Gasteiger partial charge >= 0.3 is 0 Å². The van der Waals surface area contributed by atoms with Crippen molar-refractivity contribution in [1.82, 2.24) is 9.88 Å². The van der Waals surface area contributed by atoms with Gasteiger partial charge in [0, 0.05) is 24.9 Å². The molecule has 1 aromatic rings. The van der Waals surface area contributed by atoms with E-state index in [9.17, 15) is 4.79 Å². The largest absolute Gasteiger partial charge is 0.467 e. The number of aromatic amines is 1. The zero-order chi connectivity index (χ0) is 11.9. The predicted molar refractivity (Wildman–Crippen MR) is 65.9 cm³/mol. The second-order valence-corrected chi connectivity index (χ2v) is 4.55. The van der Waals surface area contributed by atoms with E-state index >= 15 is 0 Å². The van der Waals surface area contributed by atoms with Crippen LogP contribution >= 0.6 is 0 Å². The Bertz CT molecular complexity index is 343. The van der Waals surface area contributed by atoms with Gasteiger partial charge in [0.25, 0.3) is 6.47 Å². The summed E-state index contributed by atoms with van der Waals surface area (Å²) in [5.41, 5.74) is 2.49. The summed E-state index contributed by atoms with van der Waals surface area (Å²) in [4.78, 5) is 15.8. The minimum atomic E-state index is 0.454. The summed E-state index contributed by atoms with van der Waals surface area (Å²) in [6, 6.07) is 2.17. The van der Waals surface area contributed by atoms with Gasteiger partial charge in [0.1, 0.15) is 0 Å². The van der Waals surface area contributed by atoms with Crippen molar-refractivity contribution in [2.24, 2.45) is 0 Å². The van der Waals surface area contributed by atoms with Crippen molar-refractivity contribution in [3.63, 3.8) is 0 Å². The fraction of sp³-hybridized carbons (Fsp3) is 0.615. The van der Waals surface area contributed by atoms with Crippen molar-refractivity contribution in [2.75, 3.05) is 26.2 Å². The van der Waals surface area contributed by atoms with Gasteiger partial charge in [-0.1, -0.05) is 0 Å². The fourth-order valence-electron chi connectivity index (χ4n) is 2.29. The van der Waals surface area contributed by atoms with Gasteiger partial charge in [-0.05, 0) is 44.0 Å². The SMILES string of the molecule is O=COCCc1cc(CCN2CCCC2)c[nH]1. The molecule has 1 saturated heterocycles. The van der Waals surface area contributed by atoms with E-state index in [1.54, 1.807) is 0 Å². The standard InChI is InChI=1S/C13H20N2O2/c16-11-17-8-4-13-9-12(10-14-13)3-7-15-5-1-2-6-15/h9-11,14H,1-8H2. The lowest BCUT2D eigenvalue weighted by Crippen LogP contribution is -2.21. The van der Waals surface area contributed by atoms with E-state index in [0.717, 1.165) is 25.1 Å². The molecule has 0 bridgehead atoms. The molecular weight excluding hydrogens is 216 g/mol. The molecule has 0 atom stereocenters. The van der Waals surface area contributed by atoms with Crippen molar-refractivity contribution >= 4 is 6.47 Å². The van der Waals surface area contributed by atoms with Gasteiger partial charge in [-0.3, -0.25) is 4.79 Å². The summed E-state index contributed by atoms with van der Waals surface area (Å²) in [7, 11) is 0. The fourth-order valence-corrected chi connectivity index (χ4v) is 2.29. The molecule has 1 N–H and O–H groups in total. The summed E-state index contributed by atoms with van der Waals surface area (Å²) in [6.07, 6.45) is 6.63. The lowest BCUT2D eigenvalue weighted by molar-refractivity contribution is -0.128. The number of carbonyl (C=O) groups is 1. The second kappa shape index (κ2) is 6.45. The number of hydrogen-bond donors (Lipinski definition) is 1. The highest BCUT2D eigenvalue weighted by Gasteiger charge is 2.11. The number of rotatable bonds is 7. The van der Waals surface area contributed by atoms with Crippen LogP contribution in [0.15, 0.2) is 12.3 Å². The molecule has 0 saturated carbocycles. The maximum atomic E-state index is 10.0. The average molecular weight is 236 g/mol. The summed E-state index contributed by atoms with van der Waals surface area (Å²) >= 11 is 0. The van der Waals surface area contributed by atoms with Gasteiger partial charge < -0.3 is 14.6 Å². The first-order chi connectivity index (χ1) is 8.38. The highest BCUT2D eigenvalue weighted by atomic mass is 16.5. The van der Waals surface area contributed by atoms with Crippen LogP contribution < -0.4 is 0 Å². The summed E-state index contributed by atoms with van der Waals surface area (Å²) in [6.45, 7) is 4.61. The van der Waals surface area contributed by atoms with Gasteiger partial charge in [0.2, 0.25) is 0 Å². The molecule has 1 aliphatic rings. The van der Waals surface area contributed by atoms with Crippen molar-refractivity contribution in [2.45, 2.75) is 25.7 Å². The van der Waals surface area contributed by atoms with Crippen LogP contribution in [0.25, 0.3) is 0 Å². The number of nitrogens with zero attached hydrogens (tertiary/aromatic N) is 1. The molecule has 4 heteroatoms. The number of hydrogen-bond acceptors (Lipinski definition) is 3. The molecule has 4 nitrogen and oxygen atoms in total. The van der Waals surface area contributed by atoms with Crippen LogP contribution in [0.4, 0.5) is 0 Å². The lowest BCUT2D eigenvalue weighted by atomic mass is 10.2. The Balaban J connectivity index is 1.71. The van der Waals surface area contributed by atoms with Gasteiger partial charge in [-0.15, -0.1) is 0 Å². The first-order valence-electron chi connectivity index (χ1n) is 6.32. The van der Waals surface area contributed by atoms with Gasteiger partial charge in [0.05, 0.1) is 6.61 Å². The molecule has 17 heavy (non-hydrogen) atoms. The topological polar surface area (TPSA) is 45.3 Å². The first-order valence-corrected chi connectivity index (χ1v) is 6.32. The minimum absolute atomic E-state index is 0.454. The monoisotopic (exact) mass is 236 g/mol. The zero-order valence-corrected chi connectivity index (χ0v) is 10.2. The van der Waals surface area contributed by atoms with Crippen LogP contribution in [0, 0.1) is 0 Å². The molecule has 94 valence electrons. The van der Waals surface area contributed by atoms with Crippen molar-refractivity contribution < 1.29 is 9.53 Å². The first kappa shape index (κ1) is 12.2. The maximum Gasteiger partial charge on any atom is 0.293 e. The molecule has 2 rings (SSSR count). The molecule has 0 aromatic carbocycles. The normalized spacial score (nSPS) is 16.2. The van der Waals surface area contributed by atoms with Crippen LogP contribution in [-0.4, -0.2) is 42.6 Å². The summed E-state index contributed by atoms with van der Waals surface area (Å²) < 4.78 is 4.68. The third-order valence-electron chi connectivity index (χ3n) is 3.28. The Morgan fingerprint density at radius 3 is 2.94 bits per heavy atom. The van der Waals surface area contributed by atoms with Crippen LogP contribution in [0.1, 0.15) is 24.1 Å². The van der Waals surface area contributed by atoms with E-state index in [4.69, 9.17) is 0 Å². The van der Waals surface area contributed by atoms with Crippen molar-refractivity contribution in [3.8, 4) is 0 Å². The number of H-pyrrole nitrogens is 1. The smallest absolute Gasteiger partial charge is 0.293 e. The van der Waals surface area contributed by atoms with Crippen molar-refractivity contribution in [3.05, 3.63) is 23.5 Å². The lowest BCUT2D eigenvalue weighted by Gasteiger charge is -2.13. The zero-order valence-electron chi connectivity index (χ0n) is 10.2. The van der Waals surface area contributed by atoms with Crippen LogP contribution in [-0.2, 0) is 22.4 Å². The maximum absolute atomic E-state index is 10.0. The molecule has 0 unspecified atom stereocenters. The molecule has 1 aliphatic heterocycles. The second-order valence-electron chi connectivity index (χ2n) is 4.55. The Labute approximate surface area is 102 Å². The molecule has 0 spiro atoms. The summed E-state index contributed by atoms with van der Waals surface area (Å²) in [5.74, 6) is 0. The quantitative estimate of drug-likeness (QED) is 0.574. The molecular formula is C13H20N2O2. The number of ether oxygens (including phenoxy) is 1. The molecule has 0 radical (unpaired) electrons. The van der Waals surface area contributed by atoms with E-state index in [2.05, 4.69) is 26.9 Å². The molecule has 1 fully saturated rings. The van der Waals surface area contributed by atoms with Gasteiger partial charge in [-0.25, -0.2) is 0 Å². The number of aromatic nitrogens is 1. The summed E-state index contributed by atoms with van der Waals surface area (Å²) in [5, 5.41) is 0. The van der Waals surface area contributed by atoms with Crippen LogP contribution in [0.5, 0.6) is 0 Å². The average Bonchev–Trinajstić information content (AvgIpc) is 2.98. The Morgan fingerprint density at radius 2 is 2.18 bits per heavy atom. The van der Waals surface area contributed by atoms with E-state index in [-0.39, 0.29) is 0 Å². The van der Waals surface area contributed by atoms with Crippen LogP contribution in [0.3, 0.4) is 0 Å². The number of nitrogens with one attached hydrogen (secondary N) is 1. The number of carbonyl (C=O) groups excluding carboxylic acids is 1. The van der Waals surface area contributed by atoms with E-state index in [1.807, 2.05) is 0 Å². The van der Waals surface area contributed by atoms with E-state index in [1.165, 1.54) is 31.5 Å². The number of likely N-dealkylation sites (tertiary alicyclic amines) is 1. The molecule has 0 aliphatic carbocycles. The van der Waals surface area contributed by atoms with Crippen molar-refractivity contribution in [1.29, 1.82) is 0 Å². The molecule has 1 aromatic heterocycles. The predicted octanol–water partition coefficient (Wildman–Crippen LogP) is 1.37. The Hall–Kier alpha value is -1.29. The highest BCUT2D eigenvalue weighted by molar-refractivity contribution is 5.36. The molecule has 2 heterocycles. The van der Waals surface area contributed by atoms with Gasteiger partial charge in [0.15, 0.2) is 0 Å². The molecule has 0 amide bonds. The van der Waals surface area contributed by atoms with E-state index in [0.29, 0.717) is 13.1 Å². The minimum Gasteiger partial charge on any atom is -0.467 e. The van der Waals surface area contributed by atoms with Crippen LogP contribution in [0.2, 0.25) is 0 Å². The van der Waals surface area contributed by atoms with Gasteiger partial charge in [-0.2, -0.15) is 0 Å².